The van der Waals surface area contributed by atoms with E-state index in [1.807, 2.05) is 12.2 Å². The van der Waals surface area contributed by atoms with E-state index in [-0.39, 0.29) is 24.2 Å². The Kier molecular flexibility index (Phi) is 9.93. The second-order valence-electron chi connectivity index (χ2n) is 9.18. The first-order valence-corrected chi connectivity index (χ1v) is 11.2. The number of carbonyl (C=O) groups is 1. The van der Waals surface area contributed by atoms with Gasteiger partial charge in [-0.1, -0.05) is 53.7 Å². The molecule has 6 nitrogen and oxygen atoms in total. The third-order valence-electron chi connectivity index (χ3n) is 7.05. The summed E-state index contributed by atoms with van der Waals surface area (Å²) in [6.07, 6.45) is 3.05. The number of ether oxygens (including phenoxy) is 4. The molecule has 1 amide bonds. The fraction of sp³-hybridized carbons (Fsp3) is 0.870. The van der Waals surface area contributed by atoms with E-state index >= 15 is 0 Å². The molecule has 0 aliphatic carbocycles. The number of amides is 1. The van der Waals surface area contributed by atoms with Gasteiger partial charge in [0.05, 0.1) is 26.4 Å². The maximum absolute atomic E-state index is 12.5. The molecule has 2 aliphatic heterocycles. The summed E-state index contributed by atoms with van der Waals surface area (Å²) in [5, 5.41) is 2.97. The summed E-state index contributed by atoms with van der Waals surface area (Å²) >= 11 is 0. The maximum atomic E-state index is 12.5. The smallest absolute Gasteiger partial charge is 0.407 e. The molecule has 168 valence electrons. The van der Waals surface area contributed by atoms with Crippen LogP contribution in [0.25, 0.3) is 0 Å². The van der Waals surface area contributed by atoms with Crippen LogP contribution >= 0.6 is 0 Å². The number of alkyl carbamates (subject to hydrolysis) is 1. The van der Waals surface area contributed by atoms with Crippen LogP contribution in [0, 0.1) is 35.5 Å². The van der Waals surface area contributed by atoms with Crippen molar-refractivity contribution in [2.45, 2.75) is 53.8 Å². The van der Waals surface area contributed by atoms with Gasteiger partial charge < -0.3 is 24.3 Å². The predicted molar refractivity (Wildman–Crippen MR) is 114 cm³/mol. The van der Waals surface area contributed by atoms with E-state index in [0.717, 1.165) is 6.61 Å². The molecule has 1 N–H and O–H groups in total. The highest BCUT2D eigenvalue weighted by Crippen LogP contribution is 2.29. The molecule has 2 heterocycles. The minimum atomic E-state index is -0.367. The molecule has 2 aliphatic rings. The van der Waals surface area contributed by atoms with Crippen molar-refractivity contribution < 1.29 is 23.7 Å². The average molecular weight is 412 g/mol. The van der Waals surface area contributed by atoms with Crippen LogP contribution in [0.3, 0.4) is 0 Å². The summed E-state index contributed by atoms with van der Waals surface area (Å²) < 4.78 is 23.3. The first-order chi connectivity index (χ1) is 13.8. The molecule has 1 fully saturated rings. The number of nitrogens with one attached hydrogen (secondary N) is 1. The Morgan fingerprint density at radius 2 is 1.38 bits per heavy atom. The lowest BCUT2D eigenvalue weighted by Crippen LogP contribution is -2.50. The summed E-state index contributed by atoms with van der Waals surface area (Å²) in [6.45, 7) is 16.7. The molecule has 2 rings (SSSR count). The van der Waals surface area contributed by atoms with Crippen molar-refractivity contribution in [2.24, 2.45) is 35.5 Å². The van der Waals surface area contributed by atoms with Crippen molar-refractivity contribution in [1.29, 1.82) is 0 Å². The van der Waals surface area contributed by atoms with Gasteiger partial charge in [-0.2, -0.15) is 0 Å². The molecule has 0 aromatic carbocycles. The van der Waals surface area contributed by atoms with Crippen molar-refractivity contribution in [3.63, 3.8) is 0 Å². The lowest BCUT2D eigenvalue weighted by atomic mass is 9.78. The van der Waals surface area contributed by atoms with Gasteiger partial charge >= 0.3 is 6.09 Å². The highest BCUT2D eigenvalue weighted by molar-refractivity contribution is 5.67. The van der Waals surface area contributed by atoms with Crippen LogP contribution < -0.4 is 5.32 Å². The molecule has 0 aromatic rings. The number of hydrogen-bond acceptors (Lipinski definition) is 5. The van der Waals surface area contributed by atoms with Crippen LogP contribution in [0.4, 0.5) is 4.79 Å². The summed E-state index contributed by atoms with van der Waals surface area (Å²) in [5.41, 5.74) is 0. The third kappa shape index (κ3) is 7.26. The normalized spacial score (nSPS) is 42.5. The zero-order valence-corrected chi connectivity index (χ0v) is 19.1. The van der Waals surface area contributed by atoms with E-state index in [1.54, 1.807) is 0 Å². The zero-order chi connectivity index (χ0) is 21.4. The van der Waals surface area contributed by atoms with Crippen molar-refractivity contribution in [3.05, 3.63) is 12.2 Å². The Morgan fingerprint density at radius 3 is 2.07 bits per heavy atom. The summed E-state index contributed by atoms with van der Waals surface area (Å²) in [7, 11) is 0. The second-order valence-corrected chi connectivity index (χ2v) is 9.18. The fourth-order valence-corrected chi connectivity index (χ4v) is 4.00. The van der Waals surface area contributed by atoms with Crippen LogP contribution in [0.2, 0.25) is 0 Å². The second kappa shape index (κ2) is 11.9. The Labute approximate surface area is 176 Å². The van der Waals surface area contributed by atoms with Gasteiger partial charge in [-0.05, 0) is 29.6 Å². The average Bonchev–Trinajstić information content (AvgIpc) is 2.70. The predicted octanol–water partition coefficient (Wildman–Crippen LogP) is 3.90. The van der Waals surface area contributed by atoms with Crippen LogP contribution in [-0.4, -0.2) is 57.9 Å². The van der Waals surface area contributed by atoms with Gasteiger partial charge in [0, 0.05) is 19.1 Å². The Hall–Kier alpha value is -1.11. The molecule has 8 atom stereocenters. The number of rotatable bonds is 0. The van der Waals surface area contributed by atoms with E-state index in [1.165, 1.54) is 0 Å². The van der Waals surface area contributed by atoms with Gasteiger partial charge in [0.1, 0.15) is 12.2 Å². The minimum Gasteiger partial charge on any atom is -0.443 e. The fourth-order valence-electron chi connectivity index (χ4n) is 4.00. The molecule has 0 aromatic heterocycles. The topological polar surface area (TPSA) is 66.0 Å². The van der Waals surface area contributed by atoms with Crippen molar-refractivity contribution >= 4 is 6.09 Å². The van der Waals surface area contributed by atoms with Crippen molar-refractivity contribution in [3.8, 4) is 0 Å². The Balaban J connectivity index is 2.05. The quantitative estimate of drug-likeness (QED) is 0.613. The van der Waals surface area contributed by atoms with Gasteiger partial charge in [-0.25, -0.2) is 4.79 Å². The van der Waals surface area contributed by atoms with E-state index in [4.69, 9.17) is 18.9 Å². The standard InChI is InChI=1S/C23H41NO5/c1-15-11-24-23(25)29-22-20(6)17(3)13-28-21(22)14-27-10-8-7-9-26-12-16(2)19(5)18(15)4/h7-8,15-22H,9-14H2,1-6H3,(H,24,25)/b8-7+/t15-,16+,17-,18+,19+,20+,21+,22-/m0/s1. The molecule has 6 heteroatoms. The van der Waals surface area contributed by atoms with Gasteiger partial charge in [-0.15, -0.1) is 0 Å². The molecule has 1 saturated heterocycles. The van der Waals surface area contributed by atoms with E-state index in [2.05, 4.69) is 46.9 Å². The Morgan fingerprint density at radius 1 is 0.793 bits per heavy atom. The summed E-state index contributed by atoms with van der Waals surface area (Å²) in [5.74, 6) is 2.30. The van der Waals surface area contributed by atoms with Crippen molar-refractivity contribution in [1.82, 2.24) is 5.32 Å². The highest BCUT2D eigenvalue weighted by atomic mass is 16.6. The molecule has 0 spiro atoms. The number of carbonyl (C=O) groups excluding carboxylic acids is 1. The van der Waals surface area contributed by atoms with Crippen LogP contribution in [0.5, 0.6) is 0 Å². The summed E-state index contributed by atoms with van der Waals surface area (Å²) in [4.78, 5) is 12.5. The van der Waals surface area contributed by atoms with Crippen LogP contribution in [0.15, 0.2) is 12.2 Å². The van der Waals surface area contributed by atoms with Gasteiger partial charge in [0.25, 0.3) is 0 Å². The van der Waals surface area contributed by atoms with Crippen LogP contribution in [0.1, 0.15) is 41.5 Å². The van der Waals surface area contributed by atoms with Gasteiger partial charge in [0.2, 0.25) is 0 Å². The van der Waals surface area contributed by atoms with E-state index < -0.39 is 0 Å². The van der Waals surface area contributed by atoms with Crippen LogP contribution in [-0.2, 0) is 18.9 Å². The molecular weight excluding hydrogens is 370 g/mol. The lowest BCUT2D eigenvalue weighted by Gasteiger charge is -2.39. The largest absolute Gasteiger partial charge is 0.443 e. The third-order valence-corrected chi connectivity index (χ3v) is 7.05. The van der Waals surface area contributed by atoms with Gasteiger partial charge in [-0.3, -0.25) is 0 Å². The highest BCUT2D eigenvalue weighted by Gasteiger charge is 2.39. The monoisotopic (exact) mass is 411 g/mol. The lowest BCUT2D eigenvalue weighted by molar-refractivity contribution is -0.147. The number of fused-ring (bicyclic) bond motifs is 1. The van der Waals surface area contributed by atoms with E-state index in [0.29, 0.717) is 62.6 Å². The number of hydrogen-bond donors (Lipinski definition) is 1. The Bertz CT molecular complexity index is 525. The van der Waals surface area contributed by atoms with Gasteiger partial charge in [0.15, 0.2) is 0 Å². The molecule has 0 saturated carbocycles. The molecule has 29 heavy (non-hydrogen) atoms. The maximum Gasteiger partial charge on any atom is 0.407 e. The summed E-state index contributed by atoms with van der Waals surface area (Å²) in [6, 6.07) is 0. The molecular formula is C23H41NO5. The van der Waals surface area contributed by atoms with E-state index in [9.17, 15) is 4.79 Å². The zero-order valence-electron chi connectivity index (χ0n) is 19.1. The molecule has 0 bridgehead atoms. The molecule has 0 unspecified atom stereocenters. The van der Waals surface area contributed by atoms with Crippen molar-refractivity contribution in [2.75, 3.05) is 39.6 Å². The SMILES string of the molecule is C[C@H]1[C@H](C)[C@@H](C)CNC(=O)O[C@H]2[C@H](C)[C@@H](C)CO[C@@H]2COC/C=C/COC[C@H]1C. The first-order valence-electron chi connectivity index (χ1n) is 11.2. The first kappa shape index (κ1) is 24.2. The minimum absolute atomic E-state index is 0.217. The molecule has 0 radical (unpaired) electrons.